The fourth-order valence-corrected chi connectivity index (χ4v) is 1.52. The summed E-state index contributed by atoms with van der Waals surface area (Å²) in [6, 6.07) is 11.3. The van der Waals surface area contributed by atoms with E-state index in [2.05, 4.69) is 4.98 Å². The highest BCUT2D eigenvalue weighted by atomic mass is 16.3. The van der Waals surface area contributed by atoms with Gasteiger partial charge >= 0.3 is 0 Å². The molecule has 0 aliphatic heterocycles. The lowest BCUT2D eigenvalue weighted by molar-refractivity contribution is 0.149. The Balaban J connectivity index is 2.47. The minimum Gasteiger partial charge on any atom is -0.385 e. The quantitative estimate of drug-likeness (QED) is 0.778. The number of benzene rings is 1. The van der Waals surface area contributed by atoms with Gasteiger partial charge in [0.25, 0.3) is 0 Å². The molecule has 2 aromatic rings. The second kappa shape index (κ2) is 3.96. The number of aromatic nitrogens is 1. The molecule has 0 saturated heterocycles. The summed E-state index contributed by atoms with van der Waals surface area (Å²) in [6.45, 7) is 1.77. The monoisotopic (exact) mass is 202 g/mol. The van der Waals surface area contributed by atoms with Gasteiger partial charge in [-0.05, 0) is 19.1 Å². The van der Waals surface area contributed by atoms with E-state index in [4.69, 9.17) is 5.73 Å². The van der Waals surface area contributed by atoms with Crippen molar-refractivity contribution in [2.75, 3.05) is 0 Å². The zero-order valence-electron chi connectivity index (χ0n) is 8.59. The van der Waals surface area contributed by atoms with Crippen molar-refractivity contribution in [2.24, 2.45) is 5.73 Å². The second-order valence-corrected chi connectivity index (χ2v) is 3.73. The number of rotatable bonds is 2. The first kappa shape index (κ1) is 10.1. The van der Waals surface area contributed by atoms with Crippen LogP contribution in [0.5, 0.6) is 0 Å². The van der Waals surface area contributed by atoms with Gasteiger partial charge in [-0.3, -0.25) is 4.98 Å². The normalized spacial score (nSPS) is 15.1. The molecule has 0 radical (unpaired) electrons. The van der Waals surface area contributed by atoms with Gasteiger partial charge in [0, 0.05) is 11.4 Å². The third-order valence-electron chi connectivity index (χ3n) is 2.42. The first-order valence-electron chi connectivity index (χ1n) is 4.98. The SMILES string of the molecule is CC(N)C(O)c1ccc2ccccc2n1. The Morgan fingerprint density at radius 2 is 1.93 bits per heavy atom. The van der Waals surface area contributed by atoms with Gasteiger partial charge in [0.1, 0.15) is 6.10 Å². The number of hydrogen-bond donors (Lipinski definition) is 2. The molecule has 0 saturated carbocycles. The summed E-state index contributed by atoms with van der Waals surface area (Å²) in [6.07, 6.45) is -0.699. The summed E-state index contributed by atoms with van der Waals surface area (Å²) in [5, 5.41) is 10.8. The van der Waals surface area contributed by atoms with Crippen molar-refractivity contribution in [3.63, 3.8) is 0 Å². The third kappa shape index (κ3) is 1.98. The number of pyridine rings is 1. The van der Waals surface area contributed by atoms with Crippen LogP contribution in [0.25, 0.3) is 10.9 Å². The number of para-hydroxylation sites is 1. The first-order valence-corrected chi connectivity index (χ1v) is 4.98. The summed E-state index contributed by atoms with van der Waals surface area (Å²) >= 11 is 0. The molecule has 0 amide bonds. The fraction of sp³-hybridized carbons (Fsp3) is 0.250. The third-order valence-corrected chi connectivity index (χ3v) is 2.42. The van der Waals surface area contributed by atoms with Crippen molar-refractivity contribution in [1.82, 2.24) is 4.98 Å². The molecule has 2 atom stereocenters. The Morgan fingerprint density at radius 3 is 2.67 bits per heavy atom. The molecule has 78 valence electrons. The highest BCUT2D eigenvalue weighted by molar-refractivity contribution is 5.78. The van der Waals surface area contributed by atoms with Gasteiger partial charge in [-0.25, -0.2) is 0 Å². The number of nitrogens with two attached hydrogens (primary N) is 1. The largest absolute Gasteiger partial charge is 0.385 e. The standard InChI is InChI=1S/C12H14N2O/c1-8(13)12(15)11-7-6-9-4-2-3-5-10(9)14-11/h2-8,12,15H,13H2,1H3. The van der Waals surface area contributed by atoms with Crippen LogP contribution < -0.4 is 5.73 Å². The number of aliphatic hydroxyl groups is 1. The summed E-state index contributed by atoms with van der Waals surface area (Å²) in [7, 11) is 0. The smallest absolute Gasteiger partial charge is 0.111 e. The van der Waals surface area contributed by atoms with Crippen LogP contribution in [0.1, 0.15) is 18.7 Å². The average Bonchev–Trinajstić information content (AvgIpc) is 2.27. The Kier molecular flexibility index (Phi) is 2.66. The molecule has 1 aromatic carbocycles. The van der Waals surface area contributed by atoms with Crippen molar-refractivity contribution in [3.05, 3.63) is 42.1 Å². The lowest BCUT2D eigenvalue weighted by atomic mass is 10.1. The second-order valence-electron chi connectivity index (χ2n) is 3.73. The van der Waals surface area contributed by atoms with Gasteiger partial charge in [0.05, 0.1) is 11.2 Å². The Labute approximate surface area is 88.6 Å². The Hall–Kier alpha value is -1.45. The van der Waals surface area contributed by atoms with Crippen molar-refractivity contribution in [1.29, 1.82) is 0 Å². The number of hydrogen-bond acceptors (Lipinski definition) is 3. The van der Waals surface area contributed by atoms with Crippen LogP contribution in [-0.4, -0.2) is 16.1 Å². The van der Waals surface area contributed by atoms with Crippen LogP contribution in [0.2, 0.25) is 0 Å². The highest BCUT2D eigenvalue weighted by Gasteiger charge is 2.13. The van der Waals surface area contributed by atoms with Crippen molar-refractivity contribution in [3.8, 4) is 0 Å². The van der Waals surface area contributed by atoms with Crippen LogP contribution >= 0.6 is 0 Å². The van der Waals surface area contributed by atoms with E-state index in [1.807, 2.05) is 36.4 Å². The van der Waals surface area contributed by atoms with Crippen molar-refractivity contribution >= 4 is 10.9 Å². The molecule has 2 unspecified atom stereocenters. The Morgan fingerprint density at radius 1 is 1.20 bits per heavy atom. The number of nitrogens with zero attached hydrogens (tertiary/aromatic N) is 1. The predicted octanol–water partition coefficient (Wildman–Crippen LogP) is 1.62. The molecular weight excluding hydrogens is 188 g/mol. The van der Waals surface area contributed by atoms with E-state index < -0.39 is 6.10 Å². The molecule has 3 heteroatoms. The molecule has 0 aliphatic carbocycles. The molecular formula is C12H14N2O. The molecule has 3 N–H and O–H groups in total. The van der Waals surface area contributed by atoms with Crippen LogP contribution in [0.3, 0.4) is 0 Å². The van der Waals surface area contributed by atoms with Gasteiger partial charge in [-0.15, -0.1) is 0 Å². The number of fused-ring (bicyclic) bond motifs is 1. The van der Waals surface area contributed by atoms with Crippen LogP contribution in [0, 0.1) is 0 Å². The number of aliphatic hydroxyl groups excluding tert-OH is 1. The molecule has 2 rings (SSSR count). The highest BCUT2D eigenvalue weighted by Crippen LogP contribution is 2.17. The first-order chi connectivity index (χ1) is 7.18. The summed E-state index contributed by atoms with van der Waals surface area (Å²) in [5.41, 5.74) is 7.13. The van der Waals surface area contributed by atoms with E-state index in [1.54, 1.807) is 6.92 Å². The van der Waals surface area contributed by atoms with E-state index >= 15 is 0 Å². The summed E-state index contributed by atoms with van der Waals surface area (Å²) in [4.78, 5) is 4.37. The van der Waals surface area contributed by atoms with Gasteiger partial charge in [-0.1, -0.05) is 24.3 Å². The van der Waals surface area contributed by atoms with Gasteiger partial charge in [-0.2, -0.15) is 0 Å². The lowest BCUT2D eigenvalue weighted by Gasteiger charge is -2.14. The minimum absolute atomic E-state index is 0.307. The van der Waals surface area contributed by atoms with Crippen molar-refractivity contribution < 1.29 is 5.11 Å². The van der Waals surface area contributed by atoms with Crippen LogP contribution in [-0.2, 0) is 0 Å². The zero-order valence-corrected chi connectivity index (χ0v) is 8.59. The molecule has 0 fully saturated rings. The fourth-order valence-electron chi connectivity index (χ4n) is 1.52. The average molecular weight is 202 g/mol. The van der Waals surface area contributed by atoms with Crippen LogP contribution in [0.4, 0.5) is 0 Å². The molecule has 0 bridgehead atoms. The van der Waals surface area contributed by atoms with E-state index in [-0.39, 0.29) is 6.04 Å². The van der Waals surface area contributed by atoms with Gasteiger partial charge < -0.3 is 10.8 Å². The van der Waals surface area contributed by atoms with E-state index in [1.165, 1.54) is 0 Å². The summed E-state index contributed by atoms with van der Waals surface area (Å²) in [5.74, 6) is 0. The predicted molar refractivity (Wildman–Crippen MR) is 60.4 cm³/mol. The zero-order chi connectivity index (χ0) is 10.8. The maximum Gasteiger partial charge on any atom is 0.111 e. The molecule has 3 nitrogen and oxygen atoms in total. The topological polar surface area (TPSA) is 59.1 Å². The molecule has 0 spiro atoms. The molecule has 0 aliphatic rings. The summed E-state index contributed by atoms with van der Waals surface area (Å²) < 4.78 is 0. The maximum absolute atomic E-state index is 9.77. The minimum atomic E-state index is -0.699. The molecule has 1 heterocycles. The molecule has 15 heavy (non-hydrogen) atoms. The van der Waals surface area contributed by atoms with E-state index in [0.717, 1.165) is 10.9 Å². The van der Waals surface area contributed by atoms with Gasteiger partial charge in [0.2, 0.25) is 0 Å². The van der Waals surface area contributed by atoms with E-state index in [0.29, 0.717) is 5.69 Å². The lowest BCUT2D eigenvalue weighted by Crippen LogP contribution is -2.25. The van der Waals surface area contributed by atoms with E-state index in [9.17, 15) is 5.11 Å². The maximum atomic E-state index is 9.77. The van der Waals surface area contributed by atoms with Crippen molar-refractivity contribution in [2.45, 2.75) is 19.1 Å². The Bertz CT molecular complexity index is 468. The van der Waals surface area contributed by atoms with Gasteiger partial charge in [0.15, 0.2) is 0 Å². The van der Waals surface area contributed by atoms with Crippen LogP contribution in [0.15, 0.2) is 36.4 Å². The molecule has 1 aromatic heterocycles.